The predicted octanol–water partition coefficient (Wildman–Crippen LogP) is 1.64. The van der Waals surface area contributed by atoms with E-state index in [4.69, 9.17) is 0 Å². The molecule has 3 nitrogen and oxygen atoms in total. The summed E-state index contributed by atoms with van der Waals surface area (Å²) in [5.74, 6) is 0.0162. The van der Waals surface area contributed by atoms with E-state index >= 15 is 0 Å². The molecule has 0 aliphatic rings. The van der Waals surface area contributed by atoms with E-state index in [2.05, 4.69) is 10.2 Å². The van der Waals surface area contributed by atoms with Gasteiger partial charge in [-0.15, -0.1) is 0 Å². The first kappa shape index (κ1) is 8.88. The third-order valence-electron chi connectivity index (χ3n) is 0.880. The standard InChI is InChI=1S/C5H6N2O.C2H6/c1-4(8)5-2-3-6-7-5;1-2/h2-3H,1H3,(H,6,7);1-2H3. The first-order chi connectivity index (χ1) is 4.80. The zero-order valence-corrected chi connectivity index (χ0v) is 6.51. The van der Waals surface area contributed by atoms with Gasteiger partial charge >= 0.3 is 0 Å². The molecule has 0 aliphatic heterocycles. The van der Waals surface area contributed by atoms with Crippen LogP contribution < -0.4 is 0 Å². The van der Waals surface area contributed by atoms with Crippen LogP contribution in [0.25, 0.3) is 0 Å². The van der Waals surface area contributed by atoms with Crippen LogP contribution in [0.15, 0.2) is 12.3 Å². The van der Waals surface area contributed by atoms with Crippen LogP contribution in [0.5, 0.6) is 0 Å². The summed E-state index contributed by atoms with van der Waals surface area (Å²) in [6.45, 7) is 5.49. The molecule has 1 rings (SSSR count). The van der Waals surface area contributed by atoms with E-state index in [1.54, 1.807) is 12.3 Å². The Balaban J connectivity index is 0.000000371. The second-order valence-electron chi connectivity index (χ2n) is 1.53. The smallest absolute Gasteiger partial charge is 0.177 e. The monoisotopic (exact) mass is 140 g/mol. The number of carbonyl (C=O) groups excluding carboxylic acids is 1. The Labute approximate surface area is 60.5 Å². The highest BCUT2D eigenvalue weighted by Gasteiger charge is 1.95. The SMILES string of the molecule is CC.CC(=O)c1ccn[nH]1. The first-order valence-corrected chi connectivity index (χ1v) is 3.31. The number of H-pyrrole nitrogens is 1. The molecule has 0 fully saturated rings. The molecule has 3 heteroatoms. The third-order valence-corrected chi connectivity index (χ3v) is 0.880. The van der Waals surface area contributed by atoms with E-state index in [9.17, 15) is 4.79 Å². The van der Waals surface area contributed by atoms with Crippen molar-refractivity contribution >= 4 is 5.78 Å². The predicted molar refractivity (Wildman–Crippen MR) is 39.9 cm³/mol. The van der Waals surface area contributed by atoms with E-state index in [0.29, 0.717) is 5.69 Å². The number of ketones is 1. The molecule has 0 saturated heterocycles. The number of aromatic nitrogens is 2. The van der Waals surface area contributed by atoms with Crippen molar-refractivity contribution in [2.24, 2.45) is 0 Å². The molecule has 1 aromatic rings. The molecule has 0 atom stereocenters. The summed E-state index contributed by atoms with van der Waals surface area (Å²) in [5, 5.41) is 6.13. The van der Waals surface area contributed by atoms with Gasteiger partial charge in [-0.1, -0.05) is 13.8 Å². The molecular formula is C7H12N2O. The Kier molecular flexibility index (Phi) is 4.20. The maximum atomic E-state index is 10.4. The molecule has 0 aromatic carbocycles. The highest BCUT2D eigenvalue weighted by atomic mass is 16.1. The molecule has 0 aliphatic carbocycles. The zero-order chi connectivity index (χ0) is 7.98. The minimum Gasteiger partial charge on any atom is -0.293 e. The summed E-state index contributed by atoms with van der Waals surface area (Å²) < 4.78 is 0. The second-order valence-corrected chi connectivity index (χ2v) is 1.53. The van der Waals surface area contributed by atoms with Crippen LogP contribution in [-0.2, 0) is 0 Å². The number of nitrogens with one attached hydrogen (secondary N) is 1. The Bertz CT molecular complexity index is 179. The lowest BCUT2D eigenvalue weighted by molar-refractivity contribution is 0.101. The van der Waals surface area contributed by atoms with Crippen molar-refractivity contribution in [1.29, 1.82) is 0 Å². The summed E-state index contributed by atoms with van der Waals surface area (Å²) in [6, 6.07) is 1.64. The molecule has 1 aromatic heterocycles. The van der Waals surface area contributed by atoms with Gasteiger partial charge < -0.3 is 0 Å². The largest absolute Gasteiger partial charge is 0.293 e. The number of hydrogen-bond acceptors (Lipinski definition) is 2. The van der Waals surface area contributed by atoms with Crippen molar-refractivity contribution in [1.82, 2.24) is 10.2 Å². The quantitative estimate of drug-likeness (QED) is 0.603. The van der Waals surface area contributed by atoms with E-state index in [1.807, 2.05) is 13.8 Å². The Morgan fingerprint density at radius 3 is 2.40 bits per heavy atom. The van der Waals surface area contributed by atoms with Crippen LogP contribution in [-0.4, -0.2) is 16.0 Å². The second kappa shape index (κ2) is 4.73. The topological polar surface area (TPSA) is 45.8 Å². The Hall–Kier alpha value is -1.12. The number of nitrogens with zero attached hydrogens (tertiary/aromatic N) is 1. The molecule has 10 heavy (non-hydrogen) atoms. The van der Waals surface area contributed by atoms with E-state index in [0.717, 1.165) is 0 Å². The van der Waals surface area contributed by atoms with E-state index < -0.39 is 0 Å². The van der Waals surface area contributed by atoms with Crippen molar-refractivity contribution in [2.45, 2.75) is 20.8 Å². The molecule has 56 valence electrons. The zero-order valence-electron chi connectivity index (χ0n) is 6.51. The molecule has 1 N–H and O–H groups in total. The van der Waals surface area contributed by atoms with Crippen molar-refractivity contribution < 1.29 is 4.79 Å². The summed E-state index contributed by atoms with van der Waals surface area (Å²) in [4.78, 5) is 10.4. The molecule has 0 radical (unpaired) electrons. The molecule has 0 saturated carbocycles. The molecule has 1 heterocycles. The van der Waals surface area contributed by atoms with Gasteiger partial charge in [-0.25, -0.2) is 0 Å². The van der Waals surface area contributed by atoms with Crippen molar-refractivity contribution in [3.8, 4) is 0 Å². The minimum atomic E-state index is 0.0162. The molecular weight excluding hydrogens is 128 g/mol. The fraction of sp³-hybridized carbons (Fsp3) is 0.429. The molecule has 0 unspecified atom stereocenters. The highest BCUT2D eigenvalue weighted by molar-refractivity contribution is 5.91. The first-order valence-electron chi connectivity index (χ1n) is 3.31. The lowest BCUT2D eigenvalue weighted by atomic mass is 10.3. The third kappa shape index (κ3) is 2.44. The van der Waals surface area contributed by atoms with Gasteiger partial charge in [0.25, 0.3) is 0 Å². The maximum absolute atomic E-state index is 10.4. The number of carbonyl (C=O) groups is 1. The minimum absolute atomic E-state index is 0.0162. The van der Waals surface area contributed by atoms with Gasteiger partial charge in [-0.3, -0.25) is 9.89 Å². The summed E-state index contributed by atoms with van der Waals surface area (Å²) in [5.41, 5.74) is 0.560. The van der Waals surface area contributed by atoms with Crippen LogP contribution in [0.3, 0.4) is 0 Å². The summed E-state index contributed by atoms with van der Waals surface area (Å²) in [6.07, 6.45) is 1.55. The van der Waals surface area contributed by atoms with Crippen LogP contribution in [0.4, 0.5) is 0 Å². The maximum Gasteiger partial charge on any atom is 0.177 e. The lowest BCUT2D eigenvalue weighted by Crippen LogP contribution is -1.90. The van der Waals surface area contributed by atoms with Crippen LogP contribution in [0.2, 0.25) is 0 Å². The van der Waals surface area contributed by atoms with E-state index in [-0.39, 0.29) is 5.78 Å². The fourth-order valence-electron chi connectivity index (χ4n) is 0.452. The molecule has 0 spiro atoms. The highest BCUT2D eigenvalue weighted by Crippen LogP contribution is 1.90. The fourth-order valence-corrected chi connectivity index (χ4v) is 0.452. The number of Topliss-reactive ketones (excluding diaryl/α,β-unsaturated/α-hetero) is 1. The van der Waals surface area contributed by atoms with Crippen LogP contribution in [0.1, 0.15) is 31.3 Å². The van der Waals surface area contributed by atoms with Gasteiger partial charge in [-0.05, 0) is 6.07 Å². The average Bonchev–Trinajstić information content (AvgIpc) is 2.42. The summed E-state index contributed by atoms with van der Waals surface area (Å²) >= 11 is 0. The Morgan fingerprint density at radius 2 is 2.20 bits per heavy atom. The van der Waals surface area contributed by atoms with Gasteiger partial charge in [0.15, 0.2) is 5.78 Å². The van der Waals surface area contributed by atoms with Crippen molar-refractivity contribution in [3.05, 3.63) is 18.0 Å². The van der Waals surface area contributed by atoms with Crippen molar-refractivity contribution in [3.63, 3.8) is 0 Å². The van der Waals surface area contributed by atoms with Crippen LogP contribution in [0, 0.1) is 0 Å². The number of aromatic amines is 1. The number of rotatable bonds is 1. The van der Waals surface area contributed by atoms with Gasteiger partial charge in [0.1, 0.15) is 5.69 Å². The summed E-state index contributed by atoms with van der Waals surface area (Å²) in [7, 11) is 0. The van der Waals surface area contributed by atoms with Gasteiger partial charge in [0.05, 0.1) is 0 Å². The normalized spacial score (nSPS) is 7.90. The molecule has 0 bridgehead atoms. The van der Waals surface area contributed by atoms with Crippen molar-refractivity contribution in [2.75, 3.05) is 0 Å². The van der Waals surface area contributed by atoms with Gasteiger partial charge in [0, 0.05) is 13.1 Å². The molecule has 0 amide bonds. The average molecular weight is 140 g/mol. The van der Waals surface area contributed by atoms with Gasteiger partial charge in [0.2, 0.25) is 0 Å². The Morgan fingerprint density at radius 1 is 1.60 bits per heavy atom. The number of hydrogen-bond donors (Lipinski definition) is 1. The van der Waals surface area contributed by atoms with Gasteiger partial charge in [-0.2, -0.15) is 5.10 Å². The van der Waals surface area contributed by atoms with Crippen LogP contribution >= 0.6 is 0 Å². The lowest BCUT2D eigenvalue weighted by Gasteiger charge is -1.80. The van der Waals surface area contributed by atoms with E-state index in [1.165, 1.54) is 6.92 Å².